The molecule has 1 N–H and O–H groups in total. The van der Waals surface area contributed by atoms with E-state index in [0.717, 1.165) is 12.1 Å². The highest BCUT2D eigenvalue weighted by molar-refractivity contribution is 7.99. The first kappa shape index (κ1) is 17.3. The molecule has 0 amide bonds. The number of hydrogen-bond acceptors (Lipinski definition) is 3. The Kier molecular flexibility index (Phi) is 5.86. The molecule has 2 aromatic carbocycles. The molecule has 0 heterocycles. The van der Waals surface area contributed by atoms with E-state index in [9.17, 15) is 18.3 Å². The average molecular weight is 369 g/mol. The highest BCUT2D eigenvalue weighted by atomic mass is 35.5. The van der Waals surface area contributed by atoms with Crippen LogP contribution in [0.1, 0.15) is 5.56 Å². The summed E-state index contributed by atoms with van der Waals surface area (Å²) >= 11 is 12.0. The first-order valence-corrected chi connectivity index (χ1v) is 7.55. The van der Waals surface area contributed by atoms with Crippen molar-refractivity contribution in [2.45, 2.75) is 17.3 Å². The molecule has 22 heavy (non-hydrogen) atoms. The van der Waals surface area contributed by atoms with Crippen molar-refractivity contribution >= 4 is 35.0 Å². The highest BCUT2D eigenvalue weighted by Crippen LogP contribution is 2.39. The number of hydrogen-bond donors (Lipinski definition) is 1. The predicted octanol–water partition coefficient (Wildman–Crippen LogP) is 5.73. The summed E-state index contributed by atoms with van der Waals surface area (Å²) in [6.07, 6.45) is 0. The Balaban J connectivity index is 2.35. The molecule has 2 rings (SSSR count). The minimum Gasteiger partial charge on any atom is -0.456 e. The summed E-state index contributed by atoms with van der Waals surface area (Å²) in [5, 5.41) is 9.43. The van der Waals surface area contributed by atoms with Gasteiger partial charge in [-0.15, -0.1) is 0 Å². The highest BCUT2D eigenvalue weighted by Gasteiger charge is 2.16. The van der Waals surface area contributed by atoms with Crippen LogP contribution in [0.15, 0.2) is 35.2 Å². The van der Waals surface area contributed by atoms with Crippen LogP contribution in [0.4, 0.5) is 13.2 Å². The molecule has 0 bridgehead atoms. The minimum atomic E-state index is -2.64. The van der Waals surface area contributed by atoms with Crippen LogP contribution >= 0.6 is 35.0 Å². The van der Waals surface area contributed by atoms with Crippen LogP contribution in [0.2, 0.25) is 10.0 Å². The van der Waals surface area contributed by atoms with Gasteiger partial charge in [0.1, 0.15) is 17.3 Å². The molecular weight excluding hydrogens is 360 g/mol. The Morgan fingerprint density at radius 1 is 1.18 bits per heavy atom. The van der Waals surface area contributed by atoms with Gasteiger partial charge in [-0.3, -0.25) is 0 Å². The molecule has 0 fully saturated rings. The Labute approximate surface area is 138 Å². The molecule has 0 atom stereocenters. The van der Waals surface area contributed by atoms with E-state index in [0.29, 0.717) is 0 Å². The van der Waals surface area contributed by atoms with Crippen LogP contribution in [0.3, 0.4) is 0 Å². The van der Waals surface area contributed by atoms with Crippen LogP contribution in [0.25, 0.3) is 0 Å². The number of benzene rings is 2. The first-order chi connectivity index (χ1) is 10.4. The molecule has 0 radical (unpaired) electrons. The summed E-state index contributed by atoms with van der Waals surface area (Å²) in [6.45, 7) is -0.533. The number of aliphatic hydroxyl groups is 1. The number of ether oxygens (including phenoxy) is 1. The topological polar surface area (TPSA) is 29.5 Å². The van der Waals surface area contributed by atoms with Gasteiger partial charge in [-0.1, -0.05) is 35.0 Å². The van der Waals surface area contributed by atoms with Crippen LogP contribution < -0.4 is 4.74 Å². The van der Waals surface area contributed by atoms with Gasteiger partial charge in [0.2, 0.25) is 0 Å². The lowest BCUT2D eigenvalue weighted by atomic mass is 10.2. The fraction of sp³-hybridized carbons (Fsp3) is 0.143. The Hall–Kier alpha value is -1.08. The second-order valence-corrected chi connectivity index (χ2v) is 5.94. The van der Waals surface area contributed by atoms with E-state index in [1.807, 2.05) is 0 Å². The largest absolute Gasteiger partial charge is 0.456 e. The van der Waals surface area contributed by atoms with E-state index in [2.05, 4.69) is 0 Å². The van der Waals surface area contributed by atoms with Gasteiger partial charge in [0.25, 0.3) is 5.76 Å². The quantitative estimate of drug-likeness (QED) is 0.683. The zero-order chi connectivity index (χ0) is 16.3. The SMILES string of the molecule is OCc1c(SC(F)F)ccc(Oc2cc(F)cc(Cl)c2)c1Cl. The fourth-order valence-electron chi connectivity index (χ4n) is 1.73. The maximum absolute atomic E-state index is 13.3. The van der Waals surface area contributed by atoms with E-state index < -0.39 is 18.2 Å². The van der Waals surface area contributed by atoms with E-state index in [-0.39, 0.29) is 43.8 Å². The first-order valence-electron chi connectivity index (χ1n) is 5.91. The monoisotopic (exact) mass is 368 g/mol. The van der Waals surface area contributed by atoms with Crippen molar-refractivity contribution in [1.29, 1.82) is 0 Å². The van der Waals surface area contributed by atoms with Gasteiger partial charge < -0.3 is 9.84 Å². The van der Waals surface area contributed by atoms with Crippen LogP contribution in [-0.2, 0) is 6.61 Å². The van der Waals surface area contributed by atoms with Crippen molar-refractivity contribution in [3.8, 4) is 11.5 Å². The Morgan fingerprint density at radius 3 is 2.50 bits per heavy atom. The lowest BCUT2D eigenvalue weighted by molar-refractivity contribution is 0.251. The standard InChI is InChI=1S/C14H9Cl2F3O2S/c15-7-3-8(17)5-9(4-7)21-11-1-2-12(22-14(18)19)10(6-20)13(11)16/h1-5,14,20H,6H2. The molecule has 0 aliphatic heterocycles. The number of rotatable bonds is 5. The summed E-state index contributed by atoms with van der Waals surface area (Å²) in [7, 11) is 0. The van der Waals surface area contributed by atoms with Gasteiger partial charge in [-0.2, -0.15) is 8.78 Å². The number of thioether (sulfide) groups is 1. The van der Waals surface area contributed by atoms with Gasteiger partial charge in [-0.05, 0) is 24.3 Å². The molecule has 0 aromatic heterocycles. The van der Waals surface area contributed by atoms with Crippen molar-refractivity contribution < 1.29 is 23.0 Å². The second-order valence-electron chi connectivity index (χ2n) is 4.10. The van der Waals surface area contributed by atoms with Gasteiger partial charge in [0, 0.05) is 21.5 Å². The average Bonchev–Trinajstić information content (AvgIpc) is 2.40. The van der Waals surface area contributed by atoms with Crippen LogP contribution in [0.5, 0.6) is 11.5 Å². The maximum atomic E-state index is 13.3. The van der Waals surface area contributed by atoms with E-state index >= 15 is 0 Å². The summed E-state index contributed by atoms with van der Waals surface area (Å²) in [4.78, 5) is 0.145. The number of aliphatic hydroxyl groups excluding tert-OH is 1. The molecule has 0 saturated heterocycles. The van der Waals surface area contributed by atoms with Crippen molar-refractivity contribution in [2.24, 2.45) is 0 Å². The maximum Gasteiger partial charge on any atom is 0.288 e. The van der Waals surface area contributed by atoms with Gasteiger partial charge >= 0.3 is 0 Å². The van der Waals surface area contributed by atoms with Crippen LogP contribution in [-0.4, -0.2) is 10.9 Å². The third-order valence-corrected chi connectivity index (χ3v) is 4.05. The molecule has 0 spiro atoms. The van der Waals surface area contributed by atoms with Crippen molar-refractivity contribution in [3.05, 3.63) is 51.8 Å². The van der Waals surface area contributed by atoms with E-state index in [1.165, 1.54) is 18.2 Å². The van der Waals surface area contributed by atoms with E-state index in [1.54, 1.807) is 0 Å². The molecular formula is C14H9Cl2F3O2S. The summed E-state index contributed by atoms with van der Waals surface area (Å²) in [5.74, 6) is -3.03. The van der Waals surface area contributed by atoms with Crippen LogP contribution in [0, 0.1) is 5.82 Å². The summed E-state index contributed by atoms with van der Waals surface area (Å²) in [5.41, 5.74) is 0.118. The lowest BCUT2D eigenvalue weighted by Crippen LogP contribution is -1.95. The summed E-state index contributed by atoms with van der Waals surface area (Å²) < 4.78 is 43.6. The third kappa shape index (κ3) is 4.23. The smallest absolute Gasteiger partial charge is 0.288 e. The number of halogens is 5. The molecule has 2 aromatic rings. The molecule has 0 unspecified atom stereocenters. The summed E-state index contributed by atoms with van der Waals surface area (Å²) in [6, 6.07) is 6.30. The Morgan fingerprint density at radius 2 is 1.91 bits per heavy atom. The molecule has 0 aliphatic rings. The molecule has 2 nitrogen and oxygen atoms in total. The third-order valence-electron chi connectivity index (χ3n) is 2.60. The lowest BCUT2D eigenvalue weighted by Gasteiger charge is -2.13. The van der Waals surface area contributed by atoms with Gasteiger partial charge in [0.05, 0.1) is 11.6 Å². The second kappa shape index (κ2) is 7.46. The van der Waals surface area contributed by atoms with Crippen molar-refractivity contribution in [2.75, 3.05) is 0 Å². The van der Waals surface area contributed by atoms with Gasteiger partial charge in [-0.25, -0.2) is 4.39 Å². The number of alkyl halides is 2. The zero-order valence-corrected chi connectivity index (χ0v) is 13.2. The molecule has 0 saturated carbocycles. The fourth-order valence-corrected chi connectivity index (χ4v) is 2.91. The van der Waals surface area contributed by atoms with Crippen molar-refractivity contribution in [1.82, 2.24) is 0 Å². The van der Waals surface area contributed by atoms with Gasteiger partial charge in [0.15, 0.2) is 0 Å². The van der Waals surface area contributed by atoms with Crippen molar-refractivity contribution in [3.63, 3.8) is 0 Å². The predicted molar refractivity (Wildman–Crippen MR) is 80.7 cm³/mol. The molecule has 118 valence electrons. The molecule has 0 aliphatic carbocycles. The van der Waals surface area contributed by atoms with E-state index in [4.69, 9.17) is 27.9 Å². The normalized spacial score (nSPS) is 11.0. The Bertz CT molecular complexity index is 663. The minimum absolute atomic E-state index is 0.0199. The zero-order valence-electron chi connectivity index (χ0n) is 10.8. The molecule has 8 heteroatoms.